The third-order valence-corrected chi connectivity index (χ3v) is 14.0. The van der Waals surface area contributed by atoms with Crippen LogP contribution in [0.5, 0.6) is 0 Å². The van der Waals surface area contributed by atoms with Crippen LogP contribution in [0.1, 0.15) is 349 Å². The number of hydrogen-bond acceptors (Lipinski definition) is 6. The minimum Gasteiger partial charge on any atom is -0.462 e. The van der Waals surface area contributed by atoms with Crippen LogP contribution >= 0.6 is 0 Å². The van der Waals surface area contributed by atoms with E-state index in [1.165, 1.54) is 244 Å². The summed E-state index contributed by atoms with van der Waals surface area (Å²) < 4.78 is 16.9. The molecule has 0 rings (SSSR count). The lowest BCUT2D eigenvalue weighted by Gasteiger charge is -2.18. The number of unbranched alkanes of at least 4 members (excludes halogenated alkanes) is 43. The van der Waals surface area contributed by atoms with Gasteiger partial charge in [-0.3, -0.25) is 14.4 Å². The van der Waals surface area contributed by atoms with E-state index in [0.29, 0.717) is 19.3 Å². The van der Waals surface area contributed by atoms with E-state index < -0.39 is 6.10 Å². The van der Waals surface area contributed by atoms with Crippen LogP contribution < -0.4 is 0 Å². The van der Waals surface area contributed by atoms with Gasteiger partial charge >= 0.3 is 17.9 Å². The van der Waals surface area contributed by atoms with Gasteiger partial charge in [-0.1, -0.05) is 310 Å². The predicted molar refractivity (Wildman–Crippen MR) is 289 cm³/mol. The van der Waals surface area contributed by atoms with Crippen molar-refractivity contribution in [2.24, 2.45) is 5.92 Å². The van der Waals surface area contributed by atoms with Crippen molar-refractivity contribution < 1.29 is 28.6 Å². The number of esters is 3. The molecule has 0 radical (unpaired) electrons. The molecule has 0 aromatic rings. The van der Waals surface area contributed by atoms with E-state index in [2.05, 4.69) is 27.7 Å². The van der Waals surface area contributed by atoms with Crippen molar-refractivity contribution in [2.75, 3.05) is 13.2 Å². The molecule has 0 unspecified atom stereocenters. The molecule has 0 spiro atoms. The monoisotopic (exact) mass is 947 g/mol. The van der Waals surface area contributed by atoms with Gasteiger partial charge in [0, 0.05) is 19.3 Å². The molecule has 0 saturated heterocycles. The van der Waals surface area contributed by atoms with Gasteiger partial charge in [0.2, 0.25) is 0 Å². The fourth-order valence-electron chi connectivity index (χ4n) is 9.46. The van der Waals surface area contributed by atoms with Gasteiger partial charge in [-0.2, -0.15) is 0 Å². The molecule has 0 N–H and O–H groups in total. The summed E-state index contributed by atoms with van der Waals surface area (Å²) in [5.74, 6) is 0.0116. The second-order valence-corrected chi connectivity index (χ2v) is 21.5. The van der Waals surface area contributed by atoms with Gasteiger partial charge in [0.05, 0.1) is 0 Å². The maximum absolute atomic E-state index is 12.9. The lowest BCUT2D eigenvalue weighted by atomic mass is 10.0. The van der Waals surface area contributed by atoms with Crippen molar-refractivity contribution in [3.05, 3.63) is 0 Å². The molecular formula is C61H118O6. The average molecular weight is 948 g/mol. The molecule has 0 aromatic carbocycles. The summed E-state index contributed by atoms with van der Waals surface area (Å²) in [6.45, 7) is 9.08. The molecule has 0 aromatic heterocycles. The Kier molecular flexibility index (Phi) is 54.0. The minimum atomic E-state index is -0.762. The topological polar surface area (TPSA) is 78.9 Å². The van der Waals surface area contributed by atoms with Crippen LogP contribution in [0.2, 0.25) is 0 Å². The summed E-state index contributed by atoms with van der Waals surface area (Å²) >= 11 is 0. The Hall–Kier alpha value is -1.59. The number of rotatable bonds is 56. The zero-order valence-corrected chi connectivity index (χ0v) is 45.9. The van der Waals surface area contributed by atoms with Crippen LogP contribution in [0.25, 0.3) is 0 Å². The van der Waals surface area contributed by atoms with E-state index in [4.69, 9.17) is 14.2 Å². The molecule has 0 amide bonds. The normalized spacial score (nSPS) is 12.0. The van der Waals surface area contributed by atoms with Crippen LogP contribution in [0, 0.1) is 5.92 Å². The zero-order chi connectivity index (χ0) is 48.8. The summed E-state index contributed by atoms with van der Waals surface area (Å²) in [7, 11) is 0. The Bertz CT molecular complexity index is 1010. The maximum atomic E-state index is 12.9. The van der Waals surface area contributed by atoms with Gasteiger partial charge in [0.25, 0.3) is 0 Å². The molecule has 6 heteroatoms. The van der Waals surface area contributed by atoms with Gasteiger partial charge in [-0.15, -0.1) is 0 Å². The first-order valence-corrected chi connectivity index (χ1v) is 30.4. The largest absolute Gasteiger partial charge is 0.462 e. The molecule has 6 nitrogen and oxygen atoms in total. The standard InChI is InChI=1S/C61H118O6/c1-5-7-9-11-13-15-17-19-20-21-22-23-24-29-33-37-41-45-49-53-60(63)66-56-58(55-65-59(62)52-48-44-40-36-32-27-18-16-14-12-10-8-6-2)67-61(64)54-50-46-42-38-34-30-26-25-28-31-35-39-43-47-51-57(3)4/h57-58H,5-56H2,1-4H3/t58-/m0/s1. The van der Waals surface area contributed by atoms with Crippen LogP contribution in [0.4, 0.5) is 0 Å². The highest BCUT2D eigenvalue weighted by atomic mass is 16.6. The second kappa shape index (κ2) is 55.3. The molecule has 0 fully saturated rings. The van der Waals surface area contributed by atoms with Gasteiger partial charge in [0.1, 0.15) is 13.2 Å². The highest BCUT2D eigenvalue weighted by Crippen LogP contribution is 2.18. The number of hydrogen-bond donors (Lipinski definition) is 0. The Balaban J connectivity index is 4.27. The zero-order valence-electron chi connectivity index (χ0n) is 45.9. The summed E-state index contributed by atoms with van der Waals surface area (Å²) in [4.78, 5) is 38.2. The Morgan fingerprint density at radius 3 is 0.731 bits per heavy atom. The van der Waals surface area contributed by atoms with Crippen LogP contribution in [-0.4, -0.2) is 37.2 Å². The molecule has 398 valence electrons. The highest BCUT2D eigenvalue weighted by molar-refractivity contribution is 5.71. The first kappa shape index (κ1) is 65.4. The molecule has 67 heavy (non-hydrogen) atoms. The van der Waals surface area contributed by atoms with E-state index in [-0.39, 0.29) is 31.1 Å². The summed E-state index contributed by atoms with van der Waals surface area (Å²) in [6.07, 6.45) is 61.0. The number of ether oxygens (including phenoxy) is 3. The molecule has 1 atom stereocenters. The van der Waals surface area contributed by atoms with Crippen LogP contribution in [-0.2, 0) is 28.6 Å². The lowest BCUT2D eigenvalue weighted by Crippen LogP contribution is -2.30. The molecular weight excluding hydrogens is 829 g/mol. The smallest absolute Gasteiger partial charge is 0.306 e. The third kappa shape index (κ3) is 55.2. The van der Waals surface area contributed by atoms with Crippen LogP contribution in [0.3, 0.4) is 0 Å². The fourth-order valence-corrected chi connectivity index (χ4v) is 9.46. The summed E-state index contributed by atoms with van der Waals surface area (Å²) in [6, 6.07) is 0. The quantitative estimate of drug-likeness (QED) is 0.0343. The Labute approximate surface area is 418 Å². The van der Waals surface area contributed by atoms with Gasteiger partial charge in [-0.25, -0.2) is 0 Å². The SMILES string of the molecule is CCCCCCCCCCCCCCCCCCCCCC(=O)OC[C@H](COC(=O)CCCCCCCCCCCCCCC)OC(=O)CCCCCCCCCCCCCCCCC(C)C. The maximum Gasteiger partial charge on any atom is 0.306 e. The number of carbonyl (C=O) groups excluding carboxylic acids is 3. The van der Waals surface area contributed by atoms with Crippen molar-refractivity contribution in [1.29, 1.82) is 0 Å². The lowest BCUT2D eigenvalue weighted by molar-refractivity contribution is -0.167. The van der Waals surface area contributed by atoms with Crippen LogP contribution in [0.15, 0.2) is 0 Å². The molecule has 0 saturated carbocycles. The molecule has 0 aliphatic carbocycles. The van der Waals surface area contributed by atoms with E-state index >= 15 is 0 Å². The molecule has 0 bridgehead atoms. The summed E-state index contributed by atoms with van der Waals surface area (Å²) in [5.41, 5.74) is 0. The number of carbonyl (C=O) groups is 3. The van der Waals surface area contributed by atoms with Gasteiger partial charge in [0.15, 0.2) is 6.10 Å². The average Bonchev–Trinajstić information content (AvgIpc) is 3.31. The third-order valence-electron chi connectivity index (χ3n) is 14.0. The van der Waals surface area contributed by atoms with Crippen molar-refractivity contribution in [2.45, 2.75) is 355 Å². The Morgan fingerprint density at radius 1 is 0.284 bits per heavy atom. The first-order chi connectivity index (χ1) is 32.9. The van der Waals surface area contributed by atoms with E-state index in [1.807, 2.05) is 0 Å². The fraction of sp³-hybridized carbons (Fsp3) is 0.951. The van der Waals surface area contributed by atoms with Crippen molar-refractivity contribution in [1.82, 2.24) is 0 Å². The van der Waals surface area contributed by atoms with Crippen molar-refractivity contribution in [3.63, 3.8) is 0 Å². The predicted octanol–water partition coefficient (Wildman–Crippen LogP) is 20.2. The second-order valence-electron chi connectivity index (χ2n) is 21.5. The summed E-state index contributed by atoms with van der Waals surface area (Å²) in [5, 5.41) is 0. The molecule has 0 aliphatic rings. The Morgan fingerprint density at radius 2 is 0.493 bits per heavy atom. The minimum absolute atomic E-state index is 0.0615. The van der Waals surface area contributed by atoms with E-state index in [9.17, 15) is 14.4 Å². The van der Waals surface area contributed by atoms with Crippen molar-refractivity contribution in [3.8, 4) is 0 Å². The van der Waals surface area contributed by atoms with E-state index in [1.54, 1.807) is 0 Å². The van der Waals surface area contributed by atoms with Gasteiger partial charge in [-0.05, 0) is 25.2 Å². The molecule has 0 aliphatic heterocycles. The first-order valence-electron chi connectivity index (χ1n) is 30.4. The van der Waals surface area contributed by atoms with Gasteiger partial charge < -0.3 is 14.2 Å². The molecule has 0 heterocycles. The van der Waals surface area contributed by atoms with Crippen molar-refractivity contribution >= 4 is 17.9 Å². The highest BCUT2D eigenvalue weighted by Gasteiger charge is 2.19. The van der Waals surface area contributed by atoms with E-state index in [0.717, 1.165) is 63.7 Å².